The number of hydrogen-bond acceptors (Lipinski definition) is 16. The summed E-state index contributed by atoms with van der Waals surface area (Å²) in [7, 11) is 1.82. The molecular weight excluding hydrogens is 999 g/mol. The number of aryl methyl sites for hydroxylation is 5. The second-order valence-electron chi connectivity index (χ2n) is 17.4. The minimum absolute atomic E-state index is 0.0601. The van der Waals surface area contributed by atoms with Crippen molar-refractivity contribution in [3.8, 4) is 17.2 Å². The fourth-order valence-corrected chi connectivity index (χ4v) is 8.72. The number of hydrogen-bond donors (Lipinski definition) is 4. The third-order valence-corrected chi connectivity index (χ3v) is 12.7. The summed E-state index contributed by atoms with van der Waals surface area (Å²) in [5.41, 5.74) is 2.16. The van der Waals surface area contributed by atoms with Crippen LogP contribution in [-0.4, -0.2) is 149 Å². The van der Waals surface area contributed by atoms with E-state index in [0.29, 0.717) is 101 Å². The van der Waals surface area contributed by atoms with Crippen molar-refractivity contribution in [2.45, 2.75) is 46.1 Å². The molecule has 24 heteroatoms. The first-order valence-corrected chi connectivity index (χ1v) is 26.0. The zero-order valence-corrected chi connectivity index (χ0v) is 43.9. The van der Waals surface area contributed by atoms with Gasteiger partial charge in [-0.25, -0.2) is 14.6 Å². The zero-order valence-electron chi connectivity index (χ0n) is 43.1. The molecule has 0 radical (unpaired) electrons. The van der Waals surface area contributed by atoms with Gasteiger partial charge in [0.2, 0.25) is 16.9 Å². The number of rotatable bonds is 31. The van der Waals surface area contributed by atoms with Crippen LogP contribution in [0, 0.1) is 13.8 Å². The third-order valence-electron chi connectivity index (χ3n) is 11.9. The molecule has 3 aromatic carbocycles. The van der Waals surface area contributed by atoms with Crippen LogP contribution in [0.15, 0.2) is 58.1 Å². The van der Waals surface area contributed by atoms with Gasteiger partial charge in [0.25, 0.3) is 21.6 Å². The van der Waals surface area contributed by atoms with Gasteiger partial charge in [0.05, 0.1) is 74.9 Å². The first-order valence-electron chi connectivity index (χ1n) is 24.4. The molecule has 6 rings (SSSR count). The number of carbonyl (C=O) groups excluding carboxylic acids is 3. The Kier molecular flexibility index (Phi) is 21.2. The topological polar surface area (TPSA) is 280 Å². The number of aromatic nitrogens is 5. The Hall–Kier alpha value is -6.80. The lowest BCUT2D eigenvalue weighted by Gasteiger charge is -2.16. The number of nitrogens with zero attached hydrogens (tertiary/aromatic N) is 4. The number of H-pyrrole nitrogens is 1. The van der Waals surface area contributed by atoms with Gasteiger partial charge < -0.3 is 53.5 Å². The lowest BCUT2D eigenvalue weighted by Crippen LogP contribution is -2.37. The summed E-state index contributed by atoms with van der Waals surface area (Å²) in [6.45, 7) is 6.95. The smallest absolute Gasteiger partial charge is 0.345 e. The van der Waals surface area contributed by atoms with Gasteiger partial charge in [-0.1, -0.05) is 0 Å². The number of nitrogens with one attached hydrogen (secondary N) is 3. The van der Waals surface area contributed by atoms with E-state index in [0.717, 1.165) is 4.57 Å². The fraction of sp³-hybridized carbons (Fsp3) is 0.471. The molecule has 0 aliphatic rings. The van der Waals surface area contributed by atoms with E-state index in [1.807, 2.05) is 4.57 Å². The van der Waals surface area contributed by atoms with Crippen molar-refractivity contribution in [2.75, 3.05) is 99.1 Å². The number of ether oxygens (including phenoxy) is 8. The maximum Gasteiger partial charge on any atom is 0.345 e. The Morgan fingerprint density at radius 3 is 1.87 bits per heavy atom. The Morgan fingerprint density at radius 1 is 0.733 bits per heavy atom. The van der Waals surface area contributed by atoms with Crippen molar-refractivity contribution in [1.82, 2.24) is 29.7 Å². The highest BCUT2D eigenvalue weighted by molar-refractivity contribution is 7.85. The number of aromatic amines is 1. The van der Waals surface area contributed by atoms with Crippen molar-refractivity contribution in [2.24, 2.45) is 14.1 Å². The van der Waals surface area contributed by atoms with Gasteiger partial charge >= 0.3 is 11.7 Å². The number of amides is 2. The van der Waals surface area contributed by atoms with Crippen LogP contribution in [0.5, 0.6) is 17.2 Å². The third kappa shape index (κ3) is 15.9. The fourth-order valence-electron chi connectivity index (χ4n) is 8.23. The Bertz CT molecular complexity index is 3110. The Balaban J connectivity index is 1.11. The van der Waals surface area contributed by atoms with Gasteiger partial charge in [0, 0.05) is 78.4 Å². The van der Waals surface area contributed by atoms with E-state index in [1.165, 1.54) is 11.6 Å². The Labute approximate surface area is 433 Å². The summed E-state index contributed by atoms with van der Waals surface area (Å²) in [5, 5.41) is 6.47. The van der Waals surface area contributed by atoms with Crippen LogP contribution >= 0.6 is 0 Å². The molecule has 23 nitrogen and oxygen atoms in total. The standard InChI is InChI=1S/C51H65N7O16S/c1-33-29-35(48(60)53-16-19-69-18-15-52-43(59)10-7-9-42-54-45-47(55-42)56(3)51(63)57(4)49(45)61)30-34(2)46(33)74-50(62)44-38-31-36(72-26-24-70-22-20-67-5)11-13-40(38)58(17-8-28-75(64,65)66)41-14-12-37(32-39(41)44)73-27-25-71-23-21-68-6/h11-14,29-32H,7-10,15-28H2,1-6H3,(H3-,52,53,54,55,59,60,61,64,65,66)/p+1. The summed E-state index contributed by atoms with van der Waals surface area (Å²) in [5.74, 6) is -0.197. The van der Waals surface area contributed by atoms with E-state index in [9.17, 15) is 36.9 Å². The van der Waals surface area contributed by atoms with Crippen LogP contribution in [0.4, 0.5) is 0 Å². The number of fused-ring (bicyclic) bond motifs is 3. The van der Waals surface area contributed by atoms with Crippen molar-refractivity contribution in [3.63, 3.8) is 0 Å². The molecule has 0 aliphatic heterocycles. The highest BCUT2D eigenvalue weighted by atomic mass is 32.2. The van der Waals surface area contributed by atoms with Crippen molar-refractivity contribution in [1.29, 1.82) is 0 Å². The van der Waals surface area contributed by atoms with Crippen molar-refractivity contribution < 1.29 is 69.8 Å². The van der Waals surface area contributed by atoms with Crippen LogP contribution in [0.1, 0.15) is 56.9 Å². The van der Waals surface area contributed by atoms with Crippen molar-refractivity contribution in [3.05, 3.63) is 97.4 Å². The minimum Gasteiger partial charge on any atom is -0.491 e. The maximum absolute atomic E-state index is 14.8. The molecule has 0 atom stereocenters. The predicted octanol–water partition coefficient (Wildman–Crippen LogP) is 2.64. The molecular formula is C51H66N7O16S+. The summed E-state index contributed by atoms with van der Waals surface area (Å²) in [4.78, 5) is 72.5. The van der Waals surface area contributed by atoms with E-state index >= 15 is 0 Å². The molecule has 0 unspecified atom stereocenters. The van der Waals surface area contributed by atoms with E-state index in [1.54, 1.807) is 83.6 Å². The zero-order chi connectivity index (χ0) is 54.1. The number of pyridine rings is 1. The monoisotopic (exact) mass is 1060 g/mol. The lowest BCUT2D eigenvalue weighted by atomic mass is 10.0. The molecule has 6 aromatic rings. The molecule has 4 N–H and O–H groups in total. The number of carbonyl (C=O) groups is 3. The molecule has 0 bridgehead atoms. The molecule has 0 saturated carbocycles. The van der Waals surface area contributed by atoms with E-state index in [2.05, 4.69) is 20.6 Å². The summed E-state index contributed by atoms with van der Waals surface area (Å²) in [6, 6.07) is 13.6. The van der Waals surface area contributed by atoms with Gasteiger partial charge in [-0.2, -0.15) is 13.0 Å². The molecule has 406 valence electrons. The first kappa shape index (κ1) is 57.5. The highest BCUT2D eigenvalue weighted by Gasteiger charge is 2.28. The molecule has 0 spiro atoms. The SMILES string of the molecule is COCCOCCOc1ccc2c(c1)c(C(=O)Oc1c(C)cc(C(=O)NCCOCCNC(=O)CCCc3nc4c(=O)n(C)c(=O)n(C)c4[nH]3)cc1C)c1cc(OCCOCCOC)ccc1[n+]2CCCS(=O)(=O)O. The quantitative estimate of drug-likeness (QED) is 0.0122. The number of benzene rings is 3. The normalized spacial score (nSPS) is 11.7. The lowest BCUT2D eigenvalue weighted by molar-refractivity contribution is -0.645. The number of imidazole rings is 1. The van der Waals surface area contributed by atoms with Crippen LogP contribution in [0.25, 0.3) is 33.0 Å². The second kappa shape index (κ2) is 27.7. The Morgan fingerprint density at radius 2 is 1.29 bits per heavy atom. The molecule has 3 heterocycles. The maximum atomic E-state index is 14.8. The van der Waals surface area contributed by atoms with Crippen LogP contribution < -0.4 is 40.7 Å². The minimum atomic E-state index is -4.27. The molecule has 2 amide bonds. The largest absolute Gasteiger partial charge is 0.491 e. The van der Waals surface area contributed by atoms with Crippen LogP contribution in [0.2, 0.25) is 0 Å². The van der Waals surface area contributed by atoms with Gasteiger partial charge in [0.1, 0.15) is 41.9 Å². The summed E-state index contributed by atoms with van der Waals surface area (Å²) in [6.07, 6.45) is 1.12. The summed E-state index contributed by atoms with van der Waals surface area (Å²) < 4.78 is 82.6. The molecule has 0 saturated heterocycles. The molecule has 0 fully saturated rings. The average Bonchev–Trinajstić information content (AvgIpc) is 3.81. The molecule has 75 heavy (non-hydrogen) atoms. The van der Waals surface area contributed by atoms with Gasteiger partial charge in [-0.05, 0) is 67.8 Å². The first-order chi connectivity index (χ1) is 36.0. The van der Waals surface area contributed by atoms with E-state index in [4.69, 9.17) is 37.9 Å². The van der Waals surface area contributed by atoms with Crippen LogP contribution in [-0.2, 0) is 65.7 Å². The highest BCUT2D eigenvalue weighted by Crippen LogP contribution is 2.33. The average molecular weight is 1070 g/mol. The van der Waals surface area contributed by atoms with Crippen molar-refractivity contribution >= 4 is 60.9 Å². The van der Waals surface area contributed by atoms with E-state index in [-0.39, 0.29) is 101 Å². The molecule has 0 aliphatic carbocycles. The number of methoxy groups -OCH3 is 2. The molecule has 3 aromatic heterocycles. The second-order valence-corrected chi connectivity index (χ2v) is 19.0. The number of esters is 1. The van der Waals surface area contributed by atoms with Crippen LogP contribution in [0.3, 0.4) is 0 Å². The van der Waals surface area contributed by atoms with Gasteiger partial charge in [-0.15, -0.1) is 0 Å². The summed E-state index contributed by atoms with van der Waals surface area (Å²) >= 11 is 0. The van der Waals surface area contributed by atoms with E-state index < -0.39 is 33.1 Å². The van der Waals surface area contributed by atoms with Gasteiger partial charge in [0.15, 0.2) is 12.1 Å². The predicted molar refractivity (Wildman–Crippen MR) is 276 cm³/mol. The van der Waals surface area contributed by atoms with Gasteiger partial charge in [-0.3, -0.25) is 28.1 Å².